The van der Waals surface area contributed by atoms with Crippen molar-refractivity contribution in [2.24, 2.45) is 0 Å². The number of aryl methyl sites for hydroxylation is 2. The third kappa shape index (κ3) is 2.03. The van der Waals surface area contributed by atoms with Gasteiger partial charge in [-0.3, -0.25) is 4.98 Å². The summed E-state index contributed by atoms with van der Waals surface area (Å²) in [7, 11) is 0. The SMILES string of the molecule is c1cc2c(c(-c3cncc4[nH]c5c(c34)CCCC5)c1)CCNC2. The number of rotatable bonds is 1. The number of hydrogen-bond donors (Lipinski definition) is 2. The van der Waals surface area contributed by atoms with Crippen LogP contribution in [0.4, 0.5) is 0 Å². The number of hydrogen-bond acceptors (Lipinski definition) is 2. The molecule has 3 heteroatoms. The van der Waals surface area contributed by atoms with Gasteiger partial charge in [0, 0.05) is 29.4 Å². The summed E-state index contributed by atoms with van der Waals surface area (Å²) in [4.78, 5) is 8.17. The zero-order valence-corrected chi connectivity index (χ0v) is 13.3. The molecule has 1 aliphatic carbocycles. The van der Waals surface area contributed by atoms with E-state index in [4.69, 9.17) is 0 Å². The third-order valence-corrected chi connectivity index (χ3v) is 5.43. The Morgan fingerprint density at radius 2 is 1.87 bits per heavy atom. The van der Waals surface area contributed by atoms with Crippen molar-refractivity contribution in [3.05, 3.63) is 53.0 Å². The lowest BCUT2D eigenvalue weighted by atomic mass is 9.88. The van der Waals surface area contributed by atoms with Crippen LogP contribution >= 0.6 is 0 Å². The van der Waals surface area contributed by atoms with Crippen molar-refractivity contribution in [1.82, 2.24) is 15.3 Å². The van der Waals surface area contributed by atoms with Crippen molar-refractivity contribution in [3.8, 4) is 11.1 Å². The number of nitrogens with zero attached hydrogens (tertiary/aromatic N) is 1. The molecule has 0 bridgehead atoms. The first-order valence-corrected chi connectivity index (χ1v) is 8.71. The van der Waals surface area contributed by atoms with Crippen LogP contribution in [0, 0.1) is 0 Å². The molecule has 0 saturated carbocycles. The zero-order chi connectivity index (χ0) is 15.2. The summed E-state index contributed by atoms with van der Waals surface area (Å²) in [6, 6.07) is 6.73. The molecule has 0 spiro atoms. The second-order valence-corrected chi connectivity index (χ2v) is 6.77. The van der Waals surface area contributed by atoms with E-state index in [-0.39, 0.29) is 0 Å². The smallest absolute Gasteiger partial charge is 0.0651 e. The van der Waals surface area contributed by atoms with Gasteiger partial charge < -0.3 is 10.3 Å². The maximum Gasteiger partial charge on any atom is 0.0651 e. The molecule has 0 radical (unpaired) electrons. The molecular weight excluding hydrogens is 282 g/mol. The van der Waals surface area contributed by atoms with E-state index >= 15 is 0 Å². The lowest BCUT2D eigenvalue weighted by Gasteiger charge is -2.21. The predicted molar refractivity (Wildman–Crippen MR) is 93.6 cm³/mol. The summed E-state index contributed by atoms with van der Waals surface area (Å²) in [6.07, 6.45) is 10.2. The van der Waals surface area contributed by atoms with Gasteiger partial charge in [-0.05, 0) is 60.9 Å². The molecule has 3 nitrogen and oxygen atoms in total. The van der Waals surface area contributed by atoms with Gasteiger partial charge in [0.2, 0.25) is 0 Å². The molecule has 5 rings (SSSR count). The minimum absolute atomic E-state index is 0.984. The van der Waals surface area contributed by atoms with Crippen LogP contribution in [0.3, 0.4) is 0 Å². The number of aromatic nitrogens is 2. The monoisotopic (exact) mass is 303 g/mol. The largest absolute Gasteiger partial charge is 0.357 e. The summed E-state index contributed by atoms with van der Waals surface area (Å²) in [6.45, 7) is 2.05. The van der Waals surface area contributed by atoms with E-state index in [2.05, 4.69) is 39.7 Å². The van der Waals surface area contributed by atoms with Crippen LogP contribution < -0.4 is 5.32 Å². The van der Waals surface area contributed by atoms with Crippen LogP contribution in [-0.2, 0) is 25.8 Å². The number of nitrogens with one attached hydrogen (secondary N) is 2. The molecule has 1 aliphatic heterocycles. The first-order valence-electron chi connectivity index (χ1n) is 8.71. The summed E-state index contributed by atoms with van der Waals surface area (Å²) < 4.78 is 0. The van der Waals surface area contributed by atoms with Crippen LogP contribution in [-0.4, -0.2) is 16.5 Å². The minimum Gasteiger partial charge on any atom is -0.357 e. The maximum atomic E-state index is 4.53. The lowest BCUT2D eigenvalue weighted by molar-refractivity contribution is 0.645. The second kappa shape index (κ2) is 5.20. The van der Waals surface area contributed by atoms with Crippen LogP contribution in [0.2, 0.25) is 0 Å². The lowest BCUT2D eigenvalue weighted by Crippen LogP contribution is -2.24. The fraction of sp³-hybridized carbons (Fsp3) is 0.350. The van der Waals surface area contributed by atoms with Crippen LogP contribution in [0.15, 0.2) is 30.6 Å². The topological polar surface area (TPSA) is 40.7 Å². The van der Waals surface area contributed by atoms with Gasteiger partial charge in [-0.2, -0.15) is 0 Å². The fourth-order valence-electron chi connectivity index (χ4n) is 4.35. The van der Waals surface area contributed by atoms with Crippen molar-refractivity contribution in [3.63, 3.8) is 0 Å². The Morgan fingerprint density at radius 3 is 2.87 bits per heavy atom. The highest BCUT2D eigenvalue weighted by Gasteiger charge is 2.21. The Kier molecular flexibility index (Phi) is 3.01. The first kappa shape index (κ1) is 13.3. The Morgan fingerprint density at radius 1 is 0.913 bits per heavy atom. The molecule has 0 atom stereocenters. The van der Waals surface area contributed by atoms with Gasteiger partial charge in [0.05, 0.1) is 11.7 Å². The predicted octanol–water partition coefficient (Wildman–Crippen LogP) is 3.75. The molecule has 0 amide bonds. The summed E-state index contributed by atoms with van der Waals surface area (Å²) >= 11 is 0. The highest BCUT2D eigenvalue weighted by Crippen LogP contribution is 2.38. The Hall–Kier alpha value is -2.13. The quantitative estimate of drug-likeness (QED) is 0.719. The number of pyridine rings is 1. The van der Waals surface area contributed by atoms with Crippen LogP contribution in [0.5, 0.6) is 0 Å². The molecule has 23 heavy (non-hydrogen) atoms. The van der Waals surface area contributed by atoms with E-state index in [1.807, 2.05) is 6.20 Å². The van der Waals surface area contributed by atoms with Crippen molar-refractivity contribution in [1.29, 1.82) is 0 Å². The molecule has 2 aliphatic rings. The molecule has 2 aromatic heterocycles. The molecule has 0 unspecified atom stereocenters. The third-order valence-electron chi connectivity index (χ3n) is 5.43. The van der Waals surface area contributed by atoms with Gasteiger partial charge >= 0.3 is 0 Å². The van der Waals surface area contributed by atoms with Gasteiger partial charge in [0.25, 0.3) is 0 Å². The van der Waals surface area contributed by atoms with E-state index in [1.54, 1.807) is 0 Å². The van der Waals surface area contributed by atoms with Crippen molar-refractivity contribution in [2.75, 3.05) is 6.54 Å². The number of benzene rings is 1. The standard InChI is InChI=1S/C20H21N3/c1-2-7-18-16(5-1)20-17(11-22-12-19(20)23-18)15-6-3-4-13-10-21-9-8-14(13)15/h3-4,6,11-12,21,23H,1-2,5,7-10H2. The number of aromatic amines is 1. The van der Waals surface area contributed by atoms with E-state index in [1.165, 1.54) is 70.1 Å². The average Bonchev–Trinajstić information content (AvgIpc) is 3.00. The van der Waals surface area contributed by atoms with Crippen LogP contribution in [0.1, 0.15) is 35.2 Å². The first-order chi connectivity index (χ1) is 11.4. The summed E-state index contributed by atoms with van der Waals surface area (Å²) in [5.41, 5.74) is 9.83. The van der Waals surface area contributed by atoms with Gasteiger partial charge in [-0.25, -0.2) is 0 Å². The van der Waals surface area contributed by atoms with Gasteiger partial charge in [-0.15, -0.1) is 0 Å². The fourth-order valence-corrected chi connectivity index (χ4v) is 4.35. The van der Waals surface area contributed by atoms with Crippen molar-refractivity contribution < 1.29 is 0 Å². The summed E-state index contributed by atoms with van der Waals surface area (Å²) in [5, 5.41) is 4.90. The van der Waals surface area contributed by atoms with Crippen molar-refractivity contribution >= 4 is 10.9 Å². The number of fused-ring (bicyclic) bond motifs is 4. The number of H-pyrrole nitrogens is 1. The molecule has 2 N–H and O–H groups in total. The molecule has 1 aromatic carbocycles. The highest BCUT2D eigenvalue weighted by atomic mass is 14.9. The van der Waals surface area contributed by atoms with E-state index in [9.17, 15) is 0 Å². The zero-order valence-electron chi connectivity index (χ0n) is 13.3. The molecule has 0 saturated heterocycles. The van der Waals surface area contributed by atoms with Crippen LogP contribution in [0.25, 0.3) is 22.0 Å². The molecular formula is C20H21N3. The molecule has 0 fully saturated rings. The Balaban J connectivity index is 1.80. The summed E-state index contributed by atoms with van der Waals surface area (Å²) in [5.74, 6) is 0. The van der Waals surface area contributed by atoms with Gasteiger partial charge in [0.15, 0.2) is 0 Å². The van der Waals surface area contributed by atoms with E-state index in [0.717, 1.165) is 19.5 Å². The average molecular weight is 303 g/mol. The molecule has 116 valence electrons. The van der Waals surface area contributed by atoms with E-state index in [0.29, 0.717) is 0 Å². The normalized spacial score (nSPS) is 17.0. The van der Waals surface area contributed by atoms with Gasteiger partial charge in [-0.1, -0.05) is 18.2 Å². The second-order valence-electron chi connectivity index (χ2n) is 6.77. The molecule has 3 heterocycles. The molecule has 3 aromatic rings. The maximum absolute atomic E-state index is 4.53. The highest BCUT2D eigenvalue weighted by molar-refractivity contribution is 5.98. The van der Waals surface area contributed by atoms with Crippen molar-refractivity contribution in [2.45, 2.75) is 38.6 Å². The van der Waals surface area contributed by atoms with E-state index < -0.39 is 0 Å². The Bertz CT molecular complexity index is 891. The minimum atomic E-state index is 0.984. The van der Waals surface area contributed by atoms with Gasteiger partial charge in [0.1, 0.15) is 0 Å². The Labute approximate surface area is 136 Å².